The van der Waals surface area contributed by atoms with Crippen molar-refractivity contribution in [2.45, 2.75) is 13.5 Å². The molecule has 0 bridgehead atoms. The summed E-state index contributed by atoms with van der Waals surface area (Å²) in [5, 5.41) is 3.33. The number of hydrogen-bond donors (Lipinski definition) is 1. The first-order valence-corrected chi connectivity index (χ1v) is 7.78. The van der Waals surface area contributed by atoms with E-state index in [1.54, 1.807) is 6.20 Å². The molecule has 6 heteroatoms. The van der Waals surface area contributed by atoms with E-state index in [9.17, 15) is 0 Å². The summed E-state index contributed by atoms with van der Waals surface area (Å²) in [5.41, 5.74) is 1.14. The van der Waals surface area contributed by atoms with Gasteiger partial charge in [-0.1, -0.05) is 13.0 Å². The molecule has 2 aromatic heterocycles. The molecule has 1 aliphatic heterocycles. The molecule has 0 amide bonds. The van der Waals surface area contributed by atoms with Gasteiger partial charge < -0.3 is 15.1 Å². The minimum atomic E-state index is 0.716. The fourth-order valence-electron chi connectivity index (χ4n) is 2.56. The van der Waals surface area contributed by atoms with Crippen molar-refractivity contribution in [2.24, 2.45) is 0 Å². The lowest BCUT2D eigenvalue weighted by Crippen LogP contribution is -2.46. The second-order valence-corrected chi connectivity index (χ2v) is 5.38. The topological polar surface area (TPSA) is 57.2 Å². The molecule has 1 saturated heterocycles. The van der Waals surface area contributed by atoms with Crippen LogP contribution in [0.2, 0.25) is 0 Å². The van der Waals surface area contributed by atoms with Gasteiger partial charge in [-0.2, -0.15) is 4.98 Å². The molecular weight excluding hydrogens is 276 g/mol. The molecule has 22 heavy (non-hydrogen) atoms. The third-order valence-electron chi connectivity index (χ3n) is 3.94. The molecule has 0 atom stereocenters. The quantitative estimate of drug-likeness (QED) is 0.905. The van der Waals surface area contributed by atoms with Crippen molar-refractivity contribution >= 4 is 11.8 Å². The van der Waals surface area contributed by atoms with Gasteiger partial charge in [0.15, 0.2) is 0 Å². The van der Waals surface area contributed by atoms with Crippen molar-refractivity contribution in [1.82, 2.24) is 19.9 Å². The zero-order chi connectivity index (χ0) is 15.2. The summed E-state index contributed by atoms with van der Waals surface area (Å²) in [6, 6.07) is 5.89. The molecule has 6 nitrogen and oxygen atoms in total. The molecule has 1 N–H and O–H groups in total. The number of pyridine rings is 1. The zero-order valence-corrected chi connectivity index (χ0v) is 12.9. The molecule has 0 radical (unpaired) electrons. The Balaban J connectivity index is 1.60. The Morgan fingerprint density at radius 3 is 2.73 bits per heavy atom. The van der Waals surface area contributed by atoms with Crippen LogP contribution in [0.25, 0.3) is 0 Å². The van der Waals surface area contributed by atoms with Crippen LogP contribution in [0.1, 0.15) is 12.5 Å². The maximum Gasteiger partial charge on any atom is 0.227 e. The summed E-state index contributed by atoms with van der Waals surface area (Å²) in [5.74, 6) is 1.67. The molecule has 1 fully saturated rings. The van der Waals surface area contributed by atoms with E-state index in [4.69, 9.17) is 0 Å². The lowest BCUT2D eigenvalue weighted by atomic mass is 10.3. The Hall–Kier alpha value is -2.21. The number of aromatic nitrogens is 3. The molecular formula is C16H22N6. The molecule has 3 rings (SSSR count). The van der Waals surface area contributed by atoms with Gasteiger partial charge in [0.1, 0.15) is 5.82 Å². The Kier molecular flexibility index (Phi) is 4.80. The minimum absolute atomic E-state index is 0.716. The standard InChI is InChI=1S/C16H22N6/c1-2-21-8-10-22(11-9-21)16-18-7-5-15(20-16)19-13-14-4-3-6-17-12-14/h3-7,12H,2,8-11,13H2,1H3,(H,18,19,20). The summed E-state index contributed by atoms with van der Waals surface area (Å²) in [4.78, 5) is 17.9. The molecule has 3 heterocycles. The number of hydrogen-bond acceptors (Lipinski definition) is 6. The molecule has 0 unspecified atom stereocenters. The fourth-order valence-corrected chi connectivity index (χ4v) is 2.56. The van der Waals surface area contributed by atoms with Gasteiger partial charge in [0, 0.05) is 51.3 Å². The highest BCUT2D eigenvalue weighted by Gasteiger charge is 2.17. The van der Waals surface area contributed by atoms with E-state index in [2.05, 4.69) is 37.0 Å². The second kappa shape index (κ2) is 7.17. The molecule has 0 aromatic carbocycles. The van der Waals surface area contributed by atoms with Gasteiger partial charge in [-0.25, -0.2) is 4.98 Å². The first-order valence-electron chi connectivity index (χ1n) is 7.78. The van der Waals surface area contributed by atoms with Gasteiger partial charge in [-0.05, 0) is 24.2 Å². The average molecular weight is 298 g/mol. The molecule has 0 aliphatic carbocycles. The second-order valence-electron chi connectivity index (χ2n) is 5.38. The van der Waals surface area contributed by atoms with Crippen LogP contribution in [-0.4, -0.2) is 52.6 Å². The van der Waals surface area contributed by atoms with E-state index >= 15 is 0 Å². The van der Waals surface area contributed by atoms with Gasteiger partial charge >= 0.3 is 0 Å². The van der Waals surface area contributed by atoms with Crippen LogP contribution in [0.4, 0.5) is 11.8 Å². The van der Waals surface area contributed by atoms with Crippen LogP contribution >= 0.6 is 0 Å². The molecule has 0 saturated carbocycles. The lowest BCUT2D eigenvalue weighted by Gasteiger charge is -2.34. The predicted molar refractivity (Wildman–Crippen MR) is 87.9 cm³/mol. The van der Waals surface area contributed by atoms with Gasteiger partial charge in [-0.3, -0.25) is 4.98 Å². The van der Waals surface area contributed by atoms with Crippen LogP contribution in [-0.2, 0) is 6.54 Å². The SMILES string of the molecule is CCN1CCN(c2nccc(NCc3cccnc3)n2)CC1. The summed E-state index contributed by atoms with van der Waals surface area (Å²) in [6.07, 6.45) is 5.46. The number of nitrogens with zero attached hydrogens (tertiary/aromatic N) is 5. The minimum Gasteiger partial charge on any atom is -0.366 e. The first kappa shape index (κ1) is 14.7. The van der Waals surface area contributed by atoms with E-state index in [1.807, 2.05) is 30.6 Å². The van der Waals surface area contributed by atoms with Crippen LogP contribution in [0, 0.1) is 0 Å². The molecule has 1 aliphatic rings. The Labute approximate surface area is 131 Å². The maximum absolute atomic E-state index is 4.63. The van der Waals surface area contributed by atoms with Crippen molar-refractivity contribution in [2.75, 3.05) is 42.9 Å². The number of nitrogens with one attached hydrogen (secondary N) is 1. The monoisotopic (exact) mass is 298 g/mol. The smallest absolute Gasteiger partial charge is 0.227 e. The Bertz CT molecular complexity index is 580. The highest BCUT2D eigenvalue weighted by atomic mass is 15.3. The lowest BCUT2D eigenvalue weighted by molar-refractivity contribution is 0.270. The third kappa shape index (κ3) is 3.71. The van der Waals surface area contributed by atoms with E-state index in [1.165, 1.54) is 0 Å². The van der Waals surface area contributed by atoms with Crippen molar-refractivity contribution in [3.8, 4) is 0 Å². The van der Waals surface area contributed by atoms with Gasteiger partial charge in [0.2, 0.25) is 5.95 Å². The fraction of sp³-hybridized carbons (Fsp3) is 0.438. The summed E-state index contributed by atoms with van der Waals surface area (Å²) < 4.78 is 0. The summed E-state index contributed by atoms with van der Waals surface area (Å²) in [6.45, 7) is 8.16. The van der Waals surface area contributed by atoms with Crippen LogP contribution < -0.4 is 10.2 Å². The largest absolute Gasteiger partial charge is 0.366 e. The number of piperazine rings is 1. The van der Waals surface area contributed by atoms with Crippen molar-refractivity contribution in [3.05, 3.63) is 42.4 Å². The van der Waals surface area contributed by atoms with Crippen LogP contribution in [0.5, 0.6) is 0 Å². The number of likely N-dealkylation sites (N-methyl/N-ethyl adjacent to an activating group) is 1. The maximum atomic E-state index is 4.63. The predicted octanol–water partition coefficient (Wildman–Crippen LogP) is 1.63. The van der Waals surface area contributed by atoms with Crippen molar-refractivity contribution in [1.29, 1.82) is 0 Å². The van der Waals surface area contributed by atoms with Crippen LogP contribution in [0.15, 0.2) is 36.8 Å². The van der Waals surface area contributed by atoms with E-state index in [0.717, 1.165) is 50.1 Å². The van der Waals surface area contributed by atoms with Crippen LogP contribution in [0.3, 0.4) is 0 Å². The highest BCUT2D eigenvalue weighted by molar-refractivity contribution is 5.42. The van der Waals surface area contributed by atoms with Gasteiger partial charge in [-0.15, -0.1) is 0 Å². The molecule has 0 spiro atoms. The Morgan fingerprint density at radius 1 is 1.14 bits per heavy atom. The summed E-state index contributed by atoms with van der Waals surface area (Å²) >= 11 is 0. The molecule has 116 valence electrons. The van der Waals surface area contributed by atoms with Gasteiger partial charge in [0.25, 0.3) is 0 Å². The molecule has 2 aromatic rings. The van der Waals surface area contributed by atoms with E-state index in [-0.39, 0.29) is 0 Å². The first-order chi connectivity index (χ1) is 10.8. The van der Waals surface area contributed by atoms with Crippen molar-refractivity contribution in [3.63, 3.8) is 0 Å². The Morgan fingerprint density at radius 2 is 2.00 bits per heavy atom. The summed E-state index contributed by atoms with van der Waals surface area (Å²) in [7, 11) is 0. The van der Waals surface area contributed by atoms with Crippen molar-refractivity contribution < 1.29 is 0 Å². The normalized spacial score (nSPS) is 15.8. The highest BCUT2D eigenvalue weighted by Crippen LogP contribution is 2.14. The number of rotatable bonds is 5. The van der Waals surface area contributed by atoms with E-state index in [0.29, 0.717) is 6.54 Å². The average Bonchev–Trinajstić information content (AvgIpc) is 2.61. The van der Waals surface area contributed by atoms with E-state index < -0.39 is 0 Å². The number of anilines is 2. The van der Waals surface area contributed by atoms with Gasteiger partial charge in [0.05, 0.1) is 0 Å². The zero-order valence-electron chi connectivity index (χ0n) is 12.9. The third-order valence-corrected chi connectivity index (χ3v) is 3.94.